The van der Waals surface area contributed by atoms with Crippen LogP contribution in [0.25, 0.3) is 0 Å². The van der Waals surface area contributed by atoms with E-state index in [9.17, 15) is 8.42 Å². The number of benzene rings is 1. The molecule has 0 unspecified atom stereocenters. The molecule has 1 fully saturated rings. The van der Waals surface area contributed by atoms with Gasteiger partial charge in [0.1, 0.15) is 0 Å². The van der Waals surface area contributed by atoms with Crippen LogP contribution < -0.4 is 0 Å². The van der Waals surface area contributed by atoms with Crippen molar-refractivity contribution in [1.29, 1.82) is 0 Å². The first-order chi connectivity index (χ1) is 11.1. The van der Waals surface area contributed by atoms with Gasteiger partial charge in [0, 0.05) is 25.8 Å². The van der Waals surface area contributed by atoms with Crippen LogP contribution in [0.2, 0.25) is 0 Å². The summed E-state index contributed by atoms with van der Waals surface area (Å²) in [5, 5.41) is 0.159. The Kier molecular flexibility index (Phi) is 4.82. The van der Waals surface area contributed by atoms with Gasteiger partial charge < -0.3 is 4.57 Å². The number of hydrogen-bond acceptors (Lipinski definition) is 3. The predicted octanol–water partition coefficient (Wildman–Crippen LogP) is 2.60. The monoisotopic (exact) mass is 333 g/mol. The fourth-order valence-corrected chi connectivity index (χ4v) is 4.89. The molecule has 2 heterocycles. The molecule has 0 aliphatic carbocycles. The van der Waals surface area contributed by atoms with Gasteiger partial charge in [0.25, 0.3) is 10.0 Å². The van der Waals surface area contributed by atoms with E-state index in [1.807, 2.05) is 18.2 Å². The third kappa shape index (κ3) is 3.64. The molecule has 0 bridgehead atoms. The number of aromatic nitrogens is 2. The van der Waals surface area contributed by atoms with Crippen molar-refractivity contribution in [3.8, 4) is 0 Å². The van der Waals surface area contributed by atoms with Crippen LogP contribution in [0.1, 0.15) is 31.2 Å². The van der Waals surface area contributed by atoms with Crippen molar-refractivity contribution >= 4 is 10.0 Å². The first kappa shape index (κ1) is 16.2. The Balaban J connectivity index is 1.76. The molecule has 1 atom stereocenters. The van der Waals surface area contributed by atoms with Crippen LogP contribution in [0.5, 0.6) is 0 Å². The molecule has 1 aromatic heterocycles. The number of sulfonamides is 1. The quantitative estimate of drug-likeness (QED) is 0.845. The zero-order valence-corrected chi connectivity index (χ0v) is 14.2. The van der Waals surface area contributed by atoms with Gasteiger partial charge in [-0.3, -0.25) is 0 Å². The number of nitrogens with zero attached hydrogens (tertiary/aromatic N) is 3. The van der Waals surface area contributed by atoms with Gasteiger partial charge in [0.2, 0.25) is 0 Å². The Morgan fingerprint density at radius 2 is 2.00 bits per heavy atom. The van der Waals surface area contributed by atoms with Crippen molar-refractivity contribution in [3.63, 3.8) is 0 Å². The van der Waals surface area contributed by atoms with Crippen LogP contribution in [0.15, 0.2) is 47.9 Å². The average molecular weight is 333 g/mol. The van der Waals surface area contributed by atoms with E-state index >= 15 is 0 Å². The lowest BCUT2D eigenvalue weighted by atomic mass is 9.98. The van der Waals surface area contributed by atoms with E-state index in [4.69, 9.17) is 0 Å². The summed E-state index contributed by atoms with van der Waals surface area (Å²) in [7, 11) is -1.71. The fraction of sp³-hybridized carbons (Fsp3) is 0.471. The van der Waals surface area contributed by atoms with Gasteiger partial charge in [-0.05, 0) is 31.2 Å². The number of imidazole rings is 1. The number of rotatable bonds is 5. The van der Waals surface area contributed by atoms with E-state index in [1.54, 1.807) is 22.1 Å². The molecule has 23 heavy (non-hydrogen) atoms. The Labute approximate surface area is 138 Å². The first-order valence-corrected chi connectivity index (χ1v) is 9.55. The summed E-state index contributed by atoms with van der Waals surface area (Å²) in [4.78, 5) is 4.05. The van der Waals surface area contributed by atoms with E-state index in [1.165, 1.54) is 11.9 Å². The summed E-state index contributed by atoms with van der Waals surface area (Å²) in [6.07, 6.45) is 7.82. The first-order valence-electron chi connectivity index (χ1n) is 8.11. The Morgan fingerprint density at radius 3 is 2.70 bits per heavy atom. The summed E-state index contributed by atoms with van der Waals surface area (Å²) in [5.74, 6) is 0. The second-order valence-electron chi connectivity index (χ2n) is 6.17. The zero-order chi connectivity index (χ0) is 16.3. The van der Waals surface area contributed by atoms with Gasteiger partial charge >= 0.3 is 0 Å². The highest BCUT2D eigenvalue weighted by Crippen LogP contribution is 2.27. The standard InChI is InChI=1S/C17H23N3O2S/c1-19-13-17(18-14-19)23(21,22)20-12-6-5-9-16(20)11-10-15-7-3-2-4-8-15/h2-4,7-8,13-14,16H,5-6,9-12H2,1H3/t16-/m0/s1. The van der Waals surface area contributed by atoms with Crippen LogP contribution in [-0.2, 0) is 23.5 Å². The molecule has 6 heteroatoms. The summed E-state index contributed by atoms with van der Waals surface area (Å²) < 4.78 is 29.1. The van der Waals surface area contributed by atoms with Gasteiger partial charge in [-0.2, -0.15) is 4.31 Å². The molecule has 1 aliphatic rings. The molecule has 0 spiro atoms. The van der Waals surface area contributed by atoms with Crippen molar-refractivity contribution in [2.24, 2.45) is 7.05 Å². The van der Waals surface area contributed by atoms with E-state index < -0.39 is 10.0 Å². The Bertz CT molecular complexity index is 740. The summed E-state index contributed by atoms with van der Waals surface area (Å²) in [6, 6.07) is 10.3. The molecular formula is C17H23N3O2S. The van der Waals surface area contributed by atoms with Gasteiger partial charge in [-0.1, -0.05) is 36.8 Å². The third-order valence-electron chi connectivity index (χ3n) is 4.44. The second-order valence-corrected chi connectivity index (χ2v) is 8.00. The van der Waals surface area contributed by atoms with E-state index in [0.29, 0.717) is 6.54 Å². The average Bonchev–Trinajstić information content (AvgIpc) is 3.01. The smallest absolute Gasteiger partial charge is 0.262 e. The minimum atomic E-state index is -3.49. The highest BCUT2D eigenvalue weighted by atomic mass is 32.2. The van der Waals surface area contributed by atoms with Gasteiger partial charge in [0.05, 0.1) is 6.33 Å². The lowest BCUT2D eigenvalue weighted by molar-refractivity contribution is 0.240. The number of hydrogen-bond donors (Lipinski definition) is 0. The minimum Gasteiger partial charge on any atom is -0.339 e. The van der Waals surface area contributed by atoms with Crippen molar-refractivity contribution < 1.29 is 8.42 Å². The molecule has 0 saturated carbocycles. The molecule has 3 rings (SSSR count). The molecule has 5 nitrogen and oxygen atoms in total. The molecule has 0 radical (unpaired) electrons. The molecule has 1 aliphatic heterocycles. The lowest BCUT2D eigenvalue weighted by Gasteiger charge is -2.34. The fourth-order valence-electron chi connectivity index (χ4n) is 3.20. The summed E-state index contributed by atoms with van der Waals surface area (Å²) in [5.41, 5.74) is 1.26. The van der Waals surface area contributed by atoms with Crippen LogP contribution in [-0.4, -0.2) is 34.9 Å². The SMILES string of the molecule is Cn1cnc(S(=O)(=O)N2CCCC[C@H]2CCc2ccccc2)c1. The Hall–Kier alpha value is -1.66. The van der Waals surface area contributed by atoms with Crippen LogP contribution in [0, 0.1) is 0 Å². The van der Waals surface area contributed by atoms with Gasteiger partial charge in [-0.15, -0.1) is 0 Å². The van der Waals surface area contributed by atoms with E-state index in [0.717, 1.165) is 32.1 Å². The molecule has 2 aromatic rings. The van der Waals surface area contributed by atoms with Crippen molar-refractivity contribution in [2.75, 3.05) is 6.54 Å². The Morgan fingerprint density at radius 1 is 1.22 bits per heavy atom. The van der Waals surface area contributed by atoms with Crippen LogP contribution in [0.3, 0.4) is 0 Å². The maximum absolute atomic E-state index is 12.9. The minimum absolute atomic E-state index is 0.0657. The number of aryl methyl sites for hydroxylation is 2. The van der Waals surface area contributed by atoms with E-state index in [-0.39, 0.29) is 11.1 Å². The molecule has 0 amide bonds. The van der Waals surface area contributed by atoms with Gasteiger partial charge in [0.15, 0.2) is 5.03 Å². The topological polar surface area (TPSA) is 55.2 Å². The van der Waals surface area contributed by atoms with Crippen LogP contribution >= 0.6 is 0 Å². The number of piperidine rings is 1. The molecule has 1 saturated heterocycles. The lowest BCUT2D eigenvalue weighted by Crippen LogP contribution is -2.44. The maximum Gasteiger partial charge on any atom is 0.262 e. The molecular weight excluding hydrogens is 310 g/mol. The molecule has 0 N–H and O–H groups in total. The van der Waals surface area contributed by atoms with Crippen molar-refractivity contribution in [1.82, 2.24) is 13.9 Å². The highest BCUT2D eigenvalue weighted by molar-refractivity contribution is 7.89. The zero-order valence-electron chi connectivity index (χ0n) is 13.4. The normalized spacial score (nSPS) is 19.8. The molecule has 1 aromatic carbocycles. The van der Waals surface area contributed by atoms with Crippen molar-refractivity contribution in [2.45, 2.75) is 43.2 Å². The largest absolute Gasteiger partial charge is 0.339 e. The maximum atomic E-state index is 12.9. The molecule has 124 valence electrons. The van der Waals surface area contributed by atoms with E-state index in [2.05, 4.69) is 17.1 Å². The highest BCUT2D eigenvalue weighted by Gasteiger charge is 2.34. The van der Waals surface area contributed by atoms with Crippen molar-refractivity contribution in [3.05, 3.63) is 48.4 Å². The van der Waals surface area contributed by atoms with Gasteiger partial charge in [-0.25, -0.2) is 13.4 Å². The summed E-state index contributed by atoms with van der Waals surface area (Å²) >= 11 is 0. The second kappa shape index (κ2) is 6.84. The predicted molar refractivity (Wildman–Crippen MR) is 89.5 cm³/mol. The third-order valence-corrected chi connectivity index (χ3v) is 6.27. The van der Waals surface area contributed by atoms with Crippen LogP contribution in [0.4, 0.5) is 0 Å². The summed E-state index contributed by atoms with van der Waals surface area (Å²) in [6.45, 7) is 0.596.